The van der Waals surface area contributed by atoms with Gasteiger partial charge in [-0.2, -0.15) is 0 Å². The Bertz CT molecular complexity index is 1440. The van der Waals surface area contributed by atoms with Crippen LogP contribution in [0.25, 0.3) is 11.0 Å². The maximum Gasteiger partial charge on any atom is 0.249 e. The van der Waals surface area contributed by atoms with Crippen molar-refractivity contribution in [1.82, 2.24) is 20.3 Å². The van der Waals surface area contributed by atoms with Crippen LogP contribution in [-0.4, -0.2) is 53.7 Å². The van der Waals surface area contributed by atoms with Gasteiger partial charge in [0.15, 0.2) is 11.5 Å². The third-order valence-corrected chi connectivity index (χ3v) is 6.02. The van der Waals surface area contributed by atoms with Crippen molar-refractivity contribution >= 4 is 28.5 Å². The molecule has 39 heavy (non-hydrogen) atoms. The van der Waals surface area contributed by atoms with Crippen LogP contribution < -0.4 is 24.4 Å². The van der Waals surface area contributed by atoms with Crippen LogP contribution in [-0.2, 0) is 16.1 Å². The summed E-state index contributed by atoms with van der Waals surface area (Å²) in [5.74, 6) is 0.369. The van der Waals surface area contributed by atoms with Crippen LogP contribution in [0.2, 0.25) is 0 Å². The standard InChI is InChI=1S/C29H33N5O5/c1-29(2,3)30-28(36)26(19-16-23(37-4)27(39-6)24(17-19)38-5)34(20-12-8-7-9-13-20)25(35)18-33-22-15-11-10-14-21(22)31-32-33/h7-17,26H,18H2,1-6H3,(H,30,36)/t26-/m0/s1. The first-order valence-electron chi connectivity index (χ1n) is 12.4. The molecular weight excluding hydrogens is 498 g/mol. The maximum atomic E-state index is 14.1. The van der Waals surface area contributed by atoms with Crippen molar-refractivity contribution in [3.05, 3.63) is 72.3 Å². The molecular formula is C29H33N5O5. The van der Waals surface area contributed by atoms with Gasteiger partial charge in [0, 0.05) is 11.2 Å². The molecule has 1 atom stereocenters. The second-order valence-electron chi connectivity index (χ2n) is 9.94. The van der Waals surface area contributed by atoms with E-state index < -0.39 is 11.6 Å². The molecule has 0 saturated heterocycles. The Labute approximate surface area is 227 Å². The van der Waals surface area contributed by atoms with E-state index in [0.29, 0.717) is 39.5 Å². The molecule has 0 saturated carbocycles. The molecule has 3 aromatic carbocycles. The number of nitrogens with zero attached hydrogens (tertiary/aromatic N) is 4. The number of para-hydroxylation sites is 2. The van der Waals surface area contributed by atoms with Crippen LogP contribution in [0.5, 0.6) is 17.2 Å². The molecule has 0 aliphatic rings. The third kappa shape index (κ3) is 5.95. The number of nitrogens with one attached hydrogen (secondary N) is 1. The summed E-state index contributed by atoms with van der Waals surface area (Å²) < 4.78 is 18.2. The van der Waals surface area contributed by atoms with Gasteiger partial charge in [-0.25, -0.2) is 4.68 Å². The minimum absolute atomic E-state index is 0.140. The van der Waals surface area contributed by atoms with Gasteiger partial charge in [0.25, 0.3) is 0 Å². The molecule has 0 aliphatic carbocycles. The molecule has 0 radical (unpaired) electrons. The molecule has 10 nitrogen and oxygen atoms in total. The number of ether oxygens (including phenoxy) is 3. The van der Waals surface area contributed by atoms with Crippen LogP contribution >= 0.6 is 0 Å². The normalized spacial score (nSPS) is 12.1. The predicted molar refractivity (Wildman–Crippen MR) is 148 cm³/mol. The van der Waals surface area contributed by atoms with E-state index in [-0.39, 0.29) is 18.4 Å². The first-order chi connectivity index (χ1) is 18.7. The van der Waals surface area contributed by atoms with Crippen molar-refractivity contribution in [3.8, 4) is 17.2 Å². The number of carbonyl (C=O) groups is 2. The zero-order valence-electron chi connectivity index (χ0n) is 23.0. The zero-order chi connectivity index (χ0) is 28.2. The Kier molecular flexibility index (Phi) is 8.04. The summed E-state index contributed by atoms with van der Waals surface area (Å²) in [4.78, 5) is 29.6. The molecule has 204 valence electrons. The molecule has 0 aliphatic heterocycles. The van der Waals surface area contributed by atoms with Crippen molar-refractivity contribution in [3.63, 3.8) is 0 Å². The van der Waals surface area contributed by atoms with Crippen molar-refractivity contribution in [2.24, 2.45) is 0 Å². The van der Waals surface area contributed by atoms with E-state index >= 15 is 0 Å². The number of hydrogen-bond donors (Lipinski definition) is 1. The second-order valence-corrected chi connectivity index (χ2v) is 9.94. The highest BCUT2D eigenvalue weighted by Crippen LogP contribution is 2.41. The number of rotatable bonds is 9. The average molecular weight is 532 g/mol. The summed E-state index contributed by atoms with van der Waals surface area (Å²) in [7, 11) is 4.51. The number of benzene rings is 3. The highest BCUT2D eigenvalue weighted by atomic mass is 16.5. The molecule has 1 N–H and O–H groups in total. The largest absolute Gasteiger partial charge is 0.493 e. The topological polar surface area (TPSA) is 108 Å². The van der Waals surface area contributed by atoms with Crippen LogP contribution in [0.3, 0.4) is 0 Å². The summed E-state index contributed by atoms with van der Waals surface area (Å²) in [6.07, 6.45) is 0. The lowest BCUT2D eigenvalue weighted by atomic mass is 9.99. The lowest BCUT2D eigenvalue weighted by Gasteiger charge is -2.34. The molecule has 10 heteroatoms. The Morgan fingerprint density at radius 2 is 1.54 bits per heavy atom. The number of anilines is 1. The maximum absolute atomic E-state index is 14.1. The van der Waals surface area contributed by atoms with Gasteiger partial charge in [0.05, 0.1) is 26.8 Å². The summed E-state index contributed by atoms with van der Waals surface area (Å²) in [5, 5.41) is 11.4. The minimum atomic E-state index is -1.08. The van der Waals surface area contributed by atoms with E-state index in [1.54, 1.807) is 24.3 Å². The first kappa shape index (κ1) is 27.4. The quantitative estimate of drug-likeness (QED) is 0.346. The number of amides is 2. The lowest BCUT2D eigenvalue weighted by Crippen LogP contribution is -2.50. The minimum Gasteiger partial charge on any atom is -0.493 e. The predicted octanol–water partition coefficient (Wildman–Crippen LogP) is 4.15. The third-order valence-electron chi connectivity index (χ3n) is 6.02. The summed E-state index contributed by atoms with van der Waals surface area (Å²) in [6, 6.07) is 18.7. The number of carbonyl (C=O) groups excluding carboxylic acids is 2. The lowest BCUT2D eigenvalue weighted by molar-refractivity contribution is -0.128. The van der Waals surface area contributed by atoms with Crippen molar-refractivity contribution < 1.29 is 23.8 Å². The monoisotopic (exact) mass is 531 g/mol. The van der Waals surface area contributed by atoms with Crippen LogP contribution in [0.4, 0.5) is 5.69 Å². The van der Waals surface area contributed by atoms with Gasteiger partial charge in [0.2, 0.25) is 17.6 Å². The van der Waals surface area contributed by atoms with Gasteiger partial charge in [-0.05, 0) is 62.7 Å². The highest BCUT2D eigenvalue weighted by Gasteiger charge is 2.36. The SMILES string of the molecule is COc1cc([C@@H](C(=O)NC(C)(C)C)N(C(=O)Cn2nnc3ccccc32)c2ccccc2)cc(OC)c1OC. The zero-order valence-corrected chi connectivity index (χ0v) is 23.0. The molecule has 1 aromatic heterocycles. The van der Waals surface area contributed by atoms with Crippen molar-refractivity contribution in [1.29, 1.82) is 0 Å². The van der Waals surface area contributed by atoms with Gasteiger partial charge in [-0.3, -0.25) is 14.5 Å². The Morgan fingerprint density at radius 1 is 0.923 bits per heavy atom. The first-order valence-corrected chi connectivity index (χ1v) is 12.4. The van der Waals surface area contributed by atoms with E-state index in [1.165, 1.54) is 30.9 Å². The van der Waals surface area contributed by atoms with Crippen molar-refractivity contribution in [2.45, 2.75) is 38.9 Å². The Morgan fingerprint density at radius 3 is 2.13 bits per heavy atom. The molecule has 0 fully saturated rings. The van der Waals surface area contributed by atoms with E-state index in [4.69, 9.17) is 14.2 Å². The fraction of sp³-hybridized carbons (Fsp3) is 0.310. The van der Waals surface area contributed by atoms with Gasteiger partial charge in [0.1, 0.15) is 18.1 Å². The molecule has 1 heterocycles. The number of hydrogen-bond acceptors (Lipinski definition) is 7. The number of fused-ring (bicyclic) bond motifs is 1. The number of aromatic nitrogens is 3. The smallest absolute Gasteiger partial charge is 0.249 e. The van der Waals surface area contributed by atoms with E-state index in [0.717, 1.165) is 0 Å². The average Bonchev–Trinajstić information content (AvgIpc) is 3.32. The van der Waals surface area contributed by atoms with E-state index in [1.807, 2.05) is 63.2 Å². The van der Waals surface area contributed by atoms with E-state index in [2.05, 4.69) is 15.6 Å². The van der Waals surface area contributed by atoms with Gasteiger partial charge >= 0.3 is 0 Å². The van der Waals surface area contributed by atoms with Gasteiger partial charge in [-0.1, -0.05) is 35.5 Å². The van der Waals surface area contributed by atoms with Crippen LogP contribution in [0.15, 0.2) is 66.7 Å². The highest BCUT2D eigenvalue weighted by molar-refractivity contribution is 6.01. The van der Waals surface area contributed by atoms with E-state index in [9.17, 15) is 9.59 Å². The number of methoxy groups -OCH3 is 3. The van der Waals surface area contributed by atoms with Gasteiger partial charge < -0.3 is 19.5 Å². The fourth-order valence-corrected chi connectivity index (χ4v) is 4.38. The van der Waals surface area contributed by atoms with Crippen LogP contribution in [0.1, 0.15) is 32.4 Å². The molecule has 0 unspecified atom stereocenters. The Balaban J connectivity index is 1.89. The van der Waals surface area contributed by atoms with Crippen molar-refractivity contribution in [2.75, 3.05) is 26.2 Å². The summed E-state index contributed by atoms with van der Waals surface area (Å²) in [5.41, 5.74) is 1.83. The second kappa shape index (κ2) is 11.4. The molecule has 4 rings (SSSR count). The molecule has 0 bridgehead atoms. The summed E-state index contributed by atoms with van der Waals surface area (Å²) in [6.45, 7) is 5.51. The molecule has 0 spiro atoms. The summed E-state index contributed by atoms with van der Waals surface area (Å²) >= 11 is 0. The molecule has 4 aromatic rings. The van der Waals surface area contributed by atoms with Crippen LogP contribution in [0, 0.1) is 0 Å². The fourth-order valence-electron chi connectivity index (χ4n) is 4.38. The Hall–Kier alpha value is -4.60. The molecule has 2 amide bonds. The van der Waals surface area contributed by atoms with Gasteiger partial charge in [-0.15, -0.1) is 5.10 Å².